The second-order valence-corrected chi connectivity index (χ2v) is 5.62. The van der Waals surface area contributed by atoms with Crippen LogP contribution in [0.2, 0.25) is 0 Å². The van der Waals surface area contributed by atoms with Crippen molar-refractivity contribution >= 4 is 11.8 Å². The summed E-state index contributed by atoms with van der Waals surface area (Å²) in [5.74, 6) is 1.71. The van der Waals surface area contributed by atoms with E-state index in [1.165, 1.54) is 31.9 Å². The molecular formula is C14H18N2O3. The topological polar surface area (TPSA) is 71.3 Å². The van der Waals surface area contributed by atoms with Crippen LogP contribution in [0.5, 0.6) is 0 Å². The SMILES string of the molecule is O=C(CC1CC2CCC1C2)NNC(=O)c1ccco1. The van der Waals surface area contributed by atoms with Crippen LogP contribution in [-0.4, -0.2) is 11.8 Å². The molecule has 2 aliphatic carbocycles. The molecule has 2 fully saturated rings. The van der Waals surface area contributed by atoms with Gasteiger partial charge in [-0.1, -0.05) is 6.42 Å². The van der Waals surface area contributed by atoms with Gasteiger partial charge >= 0.3 is 5.91 Å². The van der Waals surface area contributed by atoms with Gasteiger partial charge < -0.3 is 4.42 Å². The Morgan fingerprint density at radius 1 is 1.26 bits per heavy atom. The van der Waals surface area contributed by atoms with Crippen LogP contribution in [0.3, 0.4) is 0 Å². The van der Waals surface area contributed by atoms with Gasteiger partial charge in [-0.3, -0.25) is 20.4 Å². The van der Waals surface area contributed by atoms with E-state index >= 15 is 0 Å². The number of hydrazine groups is 1. The van der Waals surface area contributed by atoms with Crippen LogP contribution in [0.1, 0.15) is 42.7 Å². The van der Waals surface area contributed by atoms with Gasteiger partial charge in [0.05, 0.1) is 6.26 Å². The fourth-order valence-corrected chi connectivity index (χ4v) is 3.51. The average molecular weight is 262 g/mol. The summed E-state index contributed by atoms with van der Waals surface area (Å²) in [4.78, 5) is 23.3. The molecule has 0 radical (unpaired) electrons. The lowest BCUT2D eigenvalue weighted by Gasteiger charge is -2.20. The lowest BCUT2D eigenvalue weighted by Crippen LogP contribution is -2.42. The monoisotopic (exact) mass is 262 g/mol. The van der Waals surface area contributed by atoms with Crippen LogP contribution < -0.4 is 10.9 Å². The molecule has 1 heterocycles. The van der Waals surface area contributed by atoms with Crippen molar-refractivity contribution in [1.29, 1.82) is 0 Å². The maximum atomic E-state index is 11.8. The number of amides is 2. The molecule has 3 atom stereocenters. The molecule has 5 nitrogen and oxygen atoms in total. The number of nitrogens with one attached hydrogen (secondary N) is 2. The second kappa shape index (κ2) is 5.07. The smallest absolute Gasteiger partial charge is 0.305 e. The third-order valence-corrected chi connectivity index (χ3v) is 4.39. The van der Waals surface area contributed by atoms with E-state index in [2.05, 4.69) is 10.9 Å². The number of hydrogen-bond acceptors (Lipinski definition) is 3. The Labute approximate surface area is 111 Å². The normalized spacial score (nSPS) is 28.3. The maximum Gasteiger partial charge on any atom is 0.305 e. The standard InChI is InChI=1S/C14H18N2O3/c17-13(8-11-7-9-3-4-10(11)6-9)15-16-14(18)12-2-1-5-19-12/h1-2,5,9-11H,3-4,6-8H2,(H,15,17)(H,16,18). The molecule has 19 heavy (non-hydrogen) atoms. The molecule has 3 unspecified atom stereocenters. The quantitative estimate of drug-likeness (QED) is 0.817. The third kappa shape index (κ3) is 2.64. The number of carbonyl (C=O) groups excluding carboxylic acids is 2. The number of fused-ring (bicyclic) bond motifs is 2. The molecule has 3 rings (SSSR count). The summed E-state index contributed by atoms with van der Waals surface area (Å²) < 4.78 is 4.94. The van der Waals surface area contributed by atoms with Gasteiger partial charge in [-0.25, -0.2) is 0 Å². The highest BCUT2D eigenvalue weighted by Crippen LogP contribution is 2.49. The Balaban J connectivity index is 1.43. The van der Waals surface area contributed by atoms with Gasteiger partial charge in [0.1, 0.15) is 0 Å². The molecule has 5 heteroatoms. The second-order valence-electron chi connectivity index (χ2n) is 5.62. The van der Waals surface area contributed by atoms with E-state index < -0.39 is 5.91 Å². The van der Waals surface area contributed by atoms with E-state index in [4.69, 9.17) is 4.42 Å². The molecule has 2 saturated carbocycles. The van der Waals surface area contributed by atoms with E-state index in [-0.39, 0.29) is 11.7 Å². The third-order valence-electron chi connectivity index (χ3n) is 4.39. The Kier molecular flexibility index (Phi) is 3.27. The molecular weight excluding hydrogens is 244 g/mol. The first-order valence-electron chi connectivity index (χ1n) is 6.85. The molecule has 0 spiro atoms. The molecule has 0 aromatic carbocycles. The van der Waals surface area contributed by atoms with Gasteiger partial charge in [0.2, 0.25) is 5.91 Å². The van der Waals surface area contributed by atoms with Crippen molar-refractivity contribution in [2.24, 2.45) is 17.8 Å². The fraction of sp³-hybridized carbons (Fsp3) is 0.571. The van der Waals surface area contributed by atoms with Crippen molar-refractivity contribution in [3.05, 3.63) is 24.2 Å². The maximum absolute atomic E-state index is 11.8. The first-order chi connectivity index (χ1) is 9.22. The minimum Gasteiger partial charge on any atom is -0.459 e. The molecule has 2 aliphatic rings. The van der Waals surface area contributed by atoms with Gasteiger partial charge in [-0.2, -0.15) is 0 Å². The molecule has 1 aromatic heterocycles. The summed E-state index contributed by atoms with van der Waals surface area (Å²) in [6.07, 6.45) is 6.99. The average Bonchev–Trinajstić information content (AvgIpc) is 3.12. The molecule has 2 N–H and O–H groups in total. The largest absolute Gasteiger partial charge is 0.459 e. The van der Waals surface area contributed by atoms with Crippen LogP contribution in [-0.2, 0) is 4.79 Å². The van der Waals surface area contributed by atoms with Crippen molar-refractivity contribution in [3.63, 3.8) is 0 Å². The van der Waals surface area contributed by atoms with Gasteiger partial charge in [0.25, 0.3) is 0 Å². The van der Waals surface area contributed by atoms with Crippen LogP contribution in [0, 0.1) is 17.8 Å². The minimum atomic E-state index is -0.425. The van der Waals surface area contributed by atoms with Gasteiger partial charge in [0, 0.05) is 6.42 Å². The molecule has 1 aromatic rings. The summed E-state index contributed by atoms with van der Waals surface area (Å²) in [5.41, 5.74) is 4.83. The highest BCUT2D eigenvalue weighted by atomic mass is 16.3. The molecule has 0 aliphatic heterocycles. The van der Waals surface area contributed by atoms with Crippen LogP contribution in [0.25, 0.3) is 0 Å². The predicted octanol–water partition coefficient (Wildman–Crippen LogP) is 1.87. The van der Waals surface area contributed by atoms with Gasteiger partial charge in [0.15, 0.2) is 5.76 Å². The van der Waals surface area contributed by atoms with E-state index in [0.29, 0.717) is 12.3 Å². The zero-order chi connectivity index (χ0) is 13.2. The number of hydrogen-bond donors (Lipinski definition) is 2. The zero-order valence-electron chi connectivity index (χ0n) is 10.7. The summed E-state index contributed by atoms with van der Waals surface area (Å²) >= 11 is 0. The Morgan fingerprint density at radius 2 is 2.16 bits per heavy atom. The lowest BCUT2D eigenvalue weighted by atomic mass is 9.86. The van der Waals surface area contributed by atoms with Gasteiger partial charge in [-0.15, -0.1) is 0 Å². The number of carbonyl (C=O) groups is 2. The van der Waals surface area contributed by atoms with Crippen LogP contribution in [0.15, 0.2) is 22.8 Å². The van der Waals surface area contributed by atoms with Crippen molar-refractivity contribution < 1.29 is 14.0 Å². The van der Waals surface area contributed by atoms with Crippen molar-refractivity contribution in [3.8, 4) is 0 Å². The van der Waals surface area contributed by atoms with Gasteiger partial charge in [-0.05, 0) is 49.1 Å². The minimum absolute atomic E-state index is 0.113. The van der Waals surface area contributed by atoms with Crippen LogP contribution in [0.4, 0.5) is 0 Å². The molecule has 2 bridgehead atoms. The predicted molar refractivity (Wildman–Crippen MR) is 67.9 cm³/mol. The summed E-state index contributed by atoms with van der Waals surface area (Å²) in [5, 5.41) is 0. The van der Waals surface area contributed by atoms with Crippen LogP contribution >= 0.6 is 0 Å². The summed E-state index contributed by atoms with van der Waals surface area (Å²) in [6.45, 7) is 0. The fourth-order valence-electron chi connectivity index (χ4n) is 3.51. The molecule has 2 amide bonds. The first kappa shape index (κ1) is 12.3. The first-order valence-corrected chi connectivity index (χ1v) is 6.85. The van der Waals surface area contributed by atoms with E-state index in [1.54, 1.807) is 12.1 Å². The number of furan rings is 1. The zero-order valence-corrected chi connectivity index (χ0v) is 10.7. The Hall–Kier alpha value is -1.78. The highest BCUT2D eigenvalue weighted by Gasteiger charge is 2.40. The summed E-state index contributed by atoms with van der Waals surface area (Å²) in [6, 6.07) is 3.18. The van der Waals surface area contributed by atoms with E-state index in [1.807, 2.05) is 0 Å². The number of rotatable bonds is 3. The molecule has 0 saturated heterocycles. The lowest BCUT2D eigenvalue weighted by molar-refractivity contribution is -0.123. The van der Waals surface area contributed by atoms with E-state index in [0.717, 1.165) is 11.8 Å². The summed E-state index contributed by atoms with van der Waals surface area (Å²) in [7, 11) is 0. The highest BCUT2D eigenvalue weighted by molar-refractivity contribution is 5.92. The van der Waals surface area contributed by atoms with Crippen molar-refractivity contribution in [1.82, 2.24) is 10.9 Å². The Bertz CT molecular complexity index is 469. The van der Waals surface area contributed by atoms with Crippen molar-refractivity contribution in [2.45, 2.75) is 32.1 Å². The Morgan fingerprint density at radius 3 is 2.79 bits per heavy atom. The van der Waals surface area contributed by atoms with Crippen molar-refractivity contribution in [2.75, 3.05) is 0 Å². The van der Waals surface area contributed by atoms with E-state index in [9.17, 15) is 9.59 Å². The molecule has 102 valence electrons.